The van der Waals surface area contributed by atoms with E-state index < -0.39 is 0 Å². The van der Waals surface area contributed by atoms with E-state index >= 15 is 0 Å². The number of rotatable bonds is 1. The van der Waals surface area contributed by atoms with Crippen LogP contribution < -0.4 is 10.6 Å². The van der Waals surface area contributed by atoms with Crippen molar-refractivity contribution < 1.29 is 0 Å². The summed E-state index contributed by atoms with van der Waals surface area (Å²) in [4.78, 5) is 4.15. The zero-order chi connectivity index (χ0) is 6.74. The van der Waals surface area contributed by atoms with Crippen LogP contribution in [0.2, 0.25) is 0 Å². The van der Waals surface area contributed by atoms with Gasteiger partial charge in [-0.15, -0.1) is 0 Å². The Bertz CT molecular complexity index is 136. The summed E-state index contributed by atoms with van der Waals surface area (Å²) >= 11 is 0. The Labute approximate surface area is 54.9 Å². The van der Waals surface area contributed by atoms with Crippen molar-refractivity contribution in [2.45, 2.75) is 12.6 Å². The monoisotopic (exact) mass is 125 g/mol. The van der Waals surface area contributed by atoms with Crippen LogP contribution in [0.1, 0.15) is 6.92 Å². The smallest absolute Gasteiger partial charge is 0.129 e. The first-order valence-electron chi connectivity index (χ1n) is 2.93. The molecule has 0 aromatic rings. The Morgan fingerprint density at radius 2 is 2.44 bits per heavy atom. The molecule has 3 nitrogen and oxygen atoms in total. The average molecular weight is 125 g/mol. The van der Waals surface area contributed by atoms with E-state index in [0.717, 1.165) is 0 Å². The molecule has 3 heteroatoms. The molecule has 1 atom stereocenters. The minimum atomic E-state index is -0.203. The molecule has 0 aromatic carbocycles. The predicted molar refractivity (Wildman–Crippen MR) is 38.2 cm³/mol. The van der Waals surface area contributed by atoms with Crippen LogP contribution in [-0.4, -0.2) is 19.0 Å². The number of aliphatic imine (C=N–C) groups is 1. The van der Waals surface area contributed by atoms with Gasteiger partial charge in [0.25, 0.3) is 0 Å². The first-order valence-corrected chi connectivity index (χ1v) is 2.93. The zero-order valence-corrected chi connectivity index (χ0v) is 5.68. The standard InChI is InChI=1S/C6H11N3/c1-6(7-2)3-4-8-5-9-6/h3-5,7H,1-2H3,(H,8,9). The number of hydrogen-bond donors (Lipinski definition) is 2. The van der Waals surface area contributed by atoms with Gasteiger partial charge in [0.2, 0.25) is 0 Å². The third-order valence-corrected chi connectivity index (χ3v) is 1.42. The van der Waals surface area contributed by atoms with E-state index in [1.165, 1.54) is 0 Å². The maximum absolute atomic E-state index is 4.15. The van der Waals surface area contributed by atoms with Gasteiger partial charge in [0, 0.05) is 6.20 Å². The highest BCUT2D eigenvalue weighted by atomic mass is 15.1. The molecule has 1 aliphatic heterocycles. The summed E-state index contributed by atoms with van der Waals surface area (Å²) in [5.74, 6) is 0. The normalized spacial score (nSPS) is 32.2. The molecular weight excluding hydrogens is 114 g/mol. The van der Waals surface area contributed by atoms with Gasteiger partial charge in [0.15, 0.2) is 0 Å². The molecule has 0 fully saturated rings. The summed E-state index contributed by atoms with van der Waals surface area (Å²) in [5.41, 5.74) is -0.203. The van der Waals surface area contributed by atoms with Crippen molar-refractivity contribution >= 4 is 6.34 Å². The molecular formula is C6H11N3. The van der Waals surface area contributed by atoms with Crippen molar-refractivity contribution in [2.75, 3.05) is 7.05 Å². The SMILES string of the molecule is CNC1(C)C=CNC=N1. The van der Waals surface area contributed by atoms with Crippen molar-refractivity contribution in [3.63, 3.8) is 0 Å². The average Bonchev–Trinajstić information content (AvgIpc) is 1.90. The van der Waals surface area contributed by atoms with Gasteiger partial charge >= 0.3 is 0 Å². The third kappa shape index (κ3) is 1.29. The molecule has 1 heterocycles. The van der Waals surface area contributed by atoms with Crippen LogP contribution in [0, 0.1) is 0 Å². The van der Waals surface area contributed by atoms with Crippen LogP contribution in [-0.2, 0) is 0 Å². The van der Waals surface area contributed by atoms with Gasteiger partial charge in [-0.2, -0.15) is 0 Å². The Morgan fingerprint density at radius 1 is 1.67 bits per heavy atom. The van der Waals surface area contributed by atoms with Crippen LogP contribution in [0.25, 0.3) is 0 Å². The topological polar surface area (TPSA) is 36.4 Å². The Balaban J connectivity index is 2.67. The molecule has 0 amide bonds. The molecule has 0 aromatic heterocycles. The Kier molecular flexibility index (Phi) is 1.53. The van der Waals surface area contributed by atoms with E-state index in [0.29, 0.717) is 0 Å². The van der Waals surface area contributed by atoms with Gasteiger partial charge in [0.05, 0.1) is 6.34 Å². The van der Waals surface area contributed by atoms with E-state index in [-0.39, 0.29) is 5.66 Å². The molecule has 0 aliphatic carbocycles. The lowest BCUT2D eigenvalue weighted by Gasteiger charge is -2.22. The lowest BCUT2D eigenvalue weighted by Crippen LogP contribution is -2.38. The van der Waals surface area contributed by atoms with E-state index in [2.05, 4.69) is 15.6 Å². The van der Waals surface area contributed by atoms with Gasteiger partial charge in [-0.1, -0.05) is 0 Å². The van der Waals surface area contributed by atoms with Crippen molar-refractivity contribution in [2.24, 2.45) is 4.99 Å². The molecule has 2 N–H and O–H groups in total. The second-order valence-electron chi connectivity index (χ2n) is 2.16. The molecule has 0 saturated heterocycles. The van der Waals surface area contributed by atoms with Crippen molar-refractivity contribution in [1.29, 1.82) is 0 Å². The zero-order valence-electron chi connectivity index (χ0n) is 5.68. The summed E-state index contributed by atoms with van der Waals surface area (Å²) < 4.78 is 0. The molecule has 1 unspecified atom stereocenters. The molecule has 50 valence electrons. The first kappa shape index (κ1) is 6.29. The number of likely N-dealkylation sites (N-methyl/N-ethyl adjacent to an activating group) is 1. The fourth-order valence-corrected chi connectivity index (χ4v) is 0.616. The van der Waals surface area contributed by atoms with Gasteiger partial charge < -0.3 is 5.32 Å². The predicted octanol–water partition coefficient (Wildman–Crippen LogP) is 0.0672. The fourth-order valence-electron chi connectivity index (χ4n) is 0.616. The van der Waals surface area contributed by atoms with E-state index in [9.17, 15) is 0 Å². The molecule has 0 bridgehead atoms. The van der Waals surface area contributed by atoms with Crippen molar-refractivity contribution in [3.8, 4) is 0 Å². The highest BCUT2D eigenvalue weighted by Crippen LogP contribution is 2.06. The second-order valence-corrected chi connectivity index (χ2v) is 2.16. The van der Waals surface area contributed by atoms with Crippen LogP contribution in [0.3, 0.4) is 0 Å². The molecule has 0 saturated carbocycles. The lowest BCUT2D eigenvalue weighted by molar-refractivity contribution is 0.498. The Hall–Kier alpha value is -0.830. The molecule has 1 rings (SSSR count). The molecule has 0 radical (unpaired) electrons. The summed E-state index contributed by atoms with van der Waals surface area (Å²) in [6.07, 6.45) is 5.51. The summed E-state index contributed by atoms with van der Waals surface area (Å²) in [6, 6.07) is 0. The quantitative estimate of drug-likeness (QED) is 0.520. The minimum absolute atomic E-state index is 0.203. The van der Waals surface area contributed by atoms with Gasteiger partial charge in [-0.3, -0.25) is 5.32 Å². The van der Waals surface area contributed by atoms with Crippen LogP contribution in [0.4, 0.5) is 0 Å². The third-order valence-electron chi connectivity index (χ3n) is 1.42. The maximum atomic E-state index is 4.15. The summed E-state index contributed by atoms with van der Waals surface area (Å²) in [6.45, 7) is 2.00. The fraction of sp³-hybridized carbons (Fsp3) is 0.500. The lowest BCUT2D eigenvalue weighted by atomic mass is 10.2. The van der Waals surface area contributed by atoms with E-state index in [4.69, 9.17) is 0 Å². The summed E-state index contributed by atoms with van der Waals surface area (Å²) in [5, 5.41) is 5.92. The highest BCUT2D eigenvalue weighted by molar-refractivity contribution is 5.58. The van der Waals surface area contributed by atoms with Crippen molar-refractivity contribution in [3.05, 3.63) is 12.3 Å². The second kappa shape index (κ2) is 2.19. The van der Waals surface area contributed by atoms with Gasteiger partial charge in [-0.25, -0.2) is 4.99 Å². The summed E-state index contributed by atoms with van der Waals surface area (Å²) in [7, 11) is 1.88. The van der Waals surface area contributed by atoms with Crippen LogP contribution in [0.5, 0.6) is 0 Å². The minimum Gasteiger partial charge on any atom is -0.353 e. The number of nitrogens with zero attached hydrogens (tertiary/aromatic N) is 1. The number of hydrogen-bond acceptors (Lipinski definition) is 3. The molecule has 9 heavy (non-hydrogen) atoms. The maximum Gasteiger partial charge on any atom is 0.129 e. The Morgan fingerprint density at radius 3 is 2.78 bits per heavy atom. The van der Waals surface area contributed by atoms with Crippen LogP contribution >= 0.6 is 0 Å². The van der Waals surface area contributed by atoms with E-state index in [1.54, 1.807) is 6.34 Å². The molecule has 1 aliphatic rings. The number of nitrogens with one attached hydrogen (secondary N) is 2. The molecule has 0 spiro atoms. The van der Waals surface area contributed by atoms with E-state index in [1.807, 2.05) is 26.2 Å². The van der Waals surface area contributed by atoms with Gasteiger partial charge in [0.1, 0.15) is 5.66 Å². The first-order chi connectivity index (χ1) is 4.27. The van der Waals surface area contributed by atoms with Crippen LogP contribution in [0.15, 0.2) is 17.3 Å². The largest absolute Gasteiger partial charge is 0.353 e. The van der Waals surface area contributed by atoms with Crippen molar-refractivity contribution in [1.82, 2.24) is 10.6 Å². The van der Waals surface area contributed by atoms with Gasteiger partial charge in [-0.05, 0) is 20.0 Å². The highest BCUT2D eigenvalue weighted by Gasteiger charge is 2.15.